The Morgan fingerprint density at radius 2 is 1.95 bits per heavy atom. The van der Waals surface area contributed by atoms with Crippen LogP contribution in [-0.2, 0) is 37.9 Å². The van der Waals surface area contributed by atoms with Crippen molar-refractivity contribution in [1.29, 1.82) is 0 Å². The van der Waals surface area contributed by atoms with Gasteiger partial charge in [-0.2, -0.15) is 5.10 Å². The van der Waals surface area contributed by atoms with Crippen LogP contribution in [0.1, 0.15) is 24.1 Å². The molecule has 1 amide bonds. The molecule has 13 nitrogen and oxygen atoms in total. The first-order valence-corrected chi connectivity index (χ1v) is 16.1. The largest absolute Gasteiger partial charge is 0.473 e. The summed E-state index contributed by atoms with van der Waals surface area (Å²) in [5.41, 5.74) is 1.55. The van der Waals surface area contributed by atoms with Crippen LogP contribution in [0.3, 0.4) is 0 Å². The molecule has 1 aliphatic heterocycles. The van der Waals surface area contributed by atoms with Crippen molar-refractivity contribution in [3.63, 3.8) is 0 Å². The lowest BCUT2D eigenvalue weighted by molar-refractivity contribution is -0.110. The molecule has 5 rings (SSSR count). The lowest BCUT2D eigenvalue weighted by Crippen LogP contribution is -2.24. The molecule has 0 bridgehead atoms. The highest BCUT2D eigenvalue weighted by Crippen LogP contribution is 2.27. The molecule has 3 aromatic heterocycles. The number of hydrogen-bond acceptors (Lipinski definition) is 12. The molecule has 4 heterocycles. The molecule has 0 spiro atoms. The highest BCUT2D eigenvalue weighted by molar-refractivity contribution is 7.91. The van der Waals surface area contributed by atoms with Crippen LogP contribution in [0.4, 0.5) is 5.13 Å². The molecule has 1 saturated heterocycles. The number of carbonyl (C=O) groups excluding carboxylic acids is 1. The highest BCUT2D eigenvalue weighted by atomic mass is 32.2. The number of benzene rings is 1. The number of aryl methyl sites for hydroxylation is 1. The molecule has 228 valence electrons. The van der Waals surface area contributed by atoms with Crippen molar-refractivity contribution in [2.45, 2.75) is 30.4 Å². The molecule has 15 heteroatoms. The van der Waals surface area contributed by atoms with Gasteiger partial charge in [-0.25, -0.2) is 18.4 Å². The maximum Gasteiger partial charge on any atom is 0.280 e. The number of hydrogen-bond donors (Lipinski definition) is 1. The normalized spacial score (nSPS) is 16.1. The Morgan fingerprint density at radius 1 is 1.14 bits per heavy atom. The van der Waals surface area contributed by atoms with Crippen molar-refractivity contribution in [2.24, 2.45) is 12.2 Å². The third-order valence-corrected chi connectivity index (χ3v) is 9.38. The summed E-state index contributed by atoms with van der Waals surface area (Å²) >= 11 is 1.21. The summed E-state index contributed by atoms with van der Waals surface area (Å²) in [4.78, 5) is 31.0. The standard InChI is InChI=1S/C28H33N7O6S2/c1-34-13-12-21(17-34)41-24-10-9-23-27(30-24)42-28(29-23)31-26(36)25(33-40-18-20-11-14-35(2)32-20)19-5-7-22(8-6-19)43(37,38)16-4-15-39-3/h5-11,14,21H,4,12-13,15-18H2,1-3H3,(H,29,31,36)/t21-/m0/s1. The van der Waals surface area contributed by atoms with E-state index >= 15 is 0 Å². The first kappa shape index (κ1) is 30.5. The second-order valence-electron chi connectivity index (χ2n) is 10.1. The number of likely N-dealkylation sites (N-methyl/N-ethyl adjacent to an activating group) is 1. The first-order chi connectivity index (χ1) is 20.7. The van der Waals surface area contributed by atoms with Crippen LogP contribution in [0.15, 0.2) is 58.7 Å². The Bertz CT molecular complexity index is 1700. The molecule has 1 aliphatic rings. The van der Waals surface area contributed by atoms with E-state index in [-0.39, 0.29) is 29.1 Å². The number of fused-ring (bicyclic) bond motifs is 1. The van der Waals surface area contributed by atoms with Crippen molar-refractivity contribution in [2.75, 3.05) is 44.9 Å². The molecule has 4 aromatic rings. The monoisotopic (exact) mass is 627 g/mol. The van der Waals surface area contributed by atoms with E-state index in [1.807, 2.05) is 0 Å². The van der Waals surface area contributed by atoms with E-state index in [0.717, 1.165) is 19.5 Å². The van der Waals surface area contributed by atoms with E-state index in [2.05, 4.69) is 37.5 Å². The van der Waals surface area contributed by atoms with Gasteiger partial charge >= 0.3 is 0 Å². The number of oxime groups is 1. The number of sulfone groups is 1. The third-order valence-electron chi connectivity index (χ3n) is 6.69. The topological polar surface area (TPSA) is 150 Å². The molecular formula is C28H33N7O6S2. The Hall–Kier alpha value is -3.92. The smallest absolute Gasteiger partial charge is 0.280 e. The van der Waals surface area contributed by atoms with E-state index in [9.17, 15) is 13.2 Å². The summed E-state index contributed by atoms with van der Waals surface area (Å²) in [6.45, 7) is 2.20. The molecular weight excluding hydrogens is 594 g/mol. The van der Waals surface area contributed by atoms with Gasteiger partial charge in [0, 0.05) is 51.7 Å². The summed E-state index contributed by atoms with van der Waals surface area (Å²) in [5, 5.41) is 11.5. The van der Waals surface area contributed by atoms with E-state index in [4.69, 9.17) is 14.3 Å². The van der Waals surface area contributed by atoms with Crippen LogP contribution in [0, 0.1) is 0 Å². The Balaban J connectivity index is 1.34. The Labute approximate surface area is 253 Å². The predicted octanol–water partition coefficient (Wildman–Crippen LogP) is 2.88. The maximum atomic E-state index is 13.5. The van der Waals surface area contributed by atoms with Gasteiger partial charge in [0.25, 0.3) is 5.91 Å². The van der Waals surface area contributed by atoms with Gasteiger partial charge in [0.1, 0.15) is 22.1 Å². The number of anilines is 1. The molecule has 0 saturated carbocycles. The minimum atomic E-state index is -3.51. The zero-order valence-electron chi connectivity index (χ0n) is 24.1. The number of amides is 1. The van der Waals surface area contributed by atoms with Crippen LogP contribution in [0.2, 0.25) is 0 Å². The van der Waals surface area contributed by atoms with Crippen molar-refractivity contribution in [1.82, 2.24) is 24.6 Å². The minimum absolute atomic E-state index is 0.0359. The average molecular weight is 628 g/mol. The molecule has 1 N–H and O–H groups in total. The van der Waals surface area contributed by atoms with Gasteiger partial charge in [-0.3, -0.25) is 14.8 Å². The van der Waals surface area contributed by atoms with E-state index in [1.165, 1.54) is 42.7 Å². The quantitative estimate of drug-likeness (QED) is 0.133. The number of carbonyl (C=O) groups is 1. The third kappa shape index (κ3) is 7.93. The second-order valence-corrected chi connectivity index (χ2v) is 13.2. The highest BCUT2D eigenvalue weighted by Gasteiger charge is 2.23. The number of likely N-dealkylation sites (tertiary alicyclic amines) is 1. The molecule has 1 fully saturated rings. The van der Waals surface area contributed by atoms with Gasteiger partial charge in [0.15, 0.2) is 27.3 Å². The fourth-order valence-corrected chi connectivity index (χ4v) is 6.61. The summed E-state index contributed by atoms with van der Waals surface area (Å²) < 4.78 is 38.0. The maximum absolute atomic E-state index is 13.5. The second kappa shape index (κ2) is 13.6. The minimum Gasteiger partial charge on any atom is -0.473 e. The number of nitrogens with one attached hydrogen (secondary N) is 1. The molecule has 1 aromatic carbocycles. The summed E-state index contributed by atoms with van der Waals surface area (Å²) in [7, 11) is 1.85. The van der Waals surface area contributed by atoms with E-state index in [0.29, 0.717) is 45.6 Å². The van der Waals surface area contributed by atoms with Crippen LogP contribution >= 0.6 is 11.3 Å². The number of nitrogens with zero attached hydrogens (tertiary/aromatic N) is 6. The number of thiazole rings is 1. The number of ether oxygens (including phenoxy) is 2. The average Bonchev–Trinajstić information content (AvgIpc) is 3.70. The number of pyridine rings is 1. The molecule has 0 aliphatic carbocycles. The van der Waals surface area contributed by atoms with Crippen molar-refractivity contribution >= 4 is 48.3 Å². The zero-order chi connectivity index (χ0) is 30.4. The van der Waals surface area contributed by atoms with Gasteiger partial charge in [0.05, 0.1) is 10.6 Å². The van der Waals surface area contributed by atoms with Gasteiger partial charge in [-0.1, -0.05) is 28.6 Å². The molecule has 1 atom stereocenters. The van der Waals surface area contributed by atoms with E-state index in [1.54, 1.807) is 36.1 Å². The van der Waals surface area contributed by atoms with Gasteiger partial charge in [0.2, 0.25) is 5.88 Å². The fraction of sp³-hybridized carbons (Fsp3) is 0.393. The Kier molecular flexibility index (Phi) is 9.65. The predicted molar refractivity (Wildman–Crippen MR) is 162 cm³/mol. The Morgan fingerprint density at radius 3 is 2.65 bits per heavy atom. The summed E-state index contributed by atoms with van der Waals surface area (Å²) in [6, 6.07) is 11.3. The molecule has 0 unspecified atom stereocenters. The number of methoxy groups -OCH3 is 1. The van der Waals surface area contributed by atoms with Crippen molar-refractivity contribution < 1.29 is 27.5 Å². The van der Waals surface area contributed by atoms with Crippen LogP contribution in [-0.4, -0.2) is 90.4 Å². The van der Waals surface area contributed by atoms with Gasteiger partial charge in [-0.15, -0.1) is 0 Å². The van der Waals surface area contributed by atoms with Crippen LogP contribution in [0.5, 0.6) is 5.88 Å². The van der Waals surface area contributed by atoms with Crippen LogP contribution in [0.25, 0.3) is 10.3 Å². The van der Waals surface area contributed by atoms with E-state index < -0.39 is 15.7 Å². The van der Waals surface area contributed by atoms with Crippen molar-refractivity contribution in [3.05, 3.63) is 59.9 Å². The number of aromatic nitrogens is 4. The van der Waals surface area contributed by atoms with Crippen molar-refractivity contribution in [3.8, 4) is 5.88 Å². The summed E-state index contributed by atoms with van der Waals surface area (Å²) in [6.07, 6.45) is 3.16. The van der Waals surface area contributed by atoms with Crippen LogP contribution < -0.4 is 10.1 Å². The fourth-order valence-electron chi connectivity index (χ4n) is 4.50. The van der Waals surface area contributed by atoms with Gasteiger partial charge < -0.3 is 19.2 Å². The lowest BCUT2D eigenvalue weighted by Gasteiger charge is -2.12. The lowest BCUT2D eigenvalue weighted by atomic mass is 10.1. The summed E-state index contributed by atoms with van der Waals surface area (Å²) in [5.74, 6) is -0.122. The van der Waals surface area contributed by atoms with Gasteiger partial charge in [-0.05, 0) is 44.2 Å². The first-order valence-electron chi connectivity index (χ1n) is 13.6. The SMILES string of the molecule is COCCCS(=O)(=O)c1ccc(C(=NOCc2ccn(C)n2)C(=O)Nc2nc3ccc(O[C@H]4CCN(C)C4)nc3s2)cc1. The molecule has 0 radical (unpaired) electrons. The number of rotatable bonds is 13. The zero-order valence-corrected chi connectivity index (χ0v) is 25.7. The molecule has 43 heavy (non-hydrogen) atoms.